The fourth-order valence-electron chi connectivity index (χ4n) is 3.73. The van der Waals surface area contributed by atoms with Crippen LogP contribution in [0.4, 0.5) is 0 Å². The Labute approximate surface area is 157 Å². The van der Waals surface area contributed by atoms with Gasteiger partial charge in [0.2, 0.25) is 0 Å². The third-order valence-electron chi connectivity index (χ3n) is 5.12. The van der Waals surface area contributed by atoms with Gasteiger partial charge in [-0.15, -0.1) is 0 Å². The van der Waals surface area contributed by atoms with Gasteiger partial charge >= 0.3 is 0 Å². The van der Waals surface area contributed by atoms with Gasteiger partial charge in [0.05, 0.1) is 24.9 Å². The van der Waals surface area contributed by atoms with Crippen LogP contribution in [-0.2, 0) is 15.9 Å². The van der Waals surface area contributed by atoms with Crippen LogP contribution in [0.5, 0.6) is 0 Å². The first-order valence-electron chi connectivity index (χ1n) is 10.2. The van der Waals surface area contributed by atoms with Gasteiger partial charge in [0.1, 0.15) is 0 Å². The average molecular weight is 360 g/mol. The van der Waals surface area contributed by atoms with Gasteiger partial charge in [0, 0.05) is 19.7 Å². The summed E-state index contributed by atoms with van der Waals surface area (Å²) in [4.78, 5) is 4.71. The number of fused-ring (bicyclic) bond motifs is 2. The molecule has 0 spiro atoms. The maximum absolute atomic E-state index is 5.91. The van der Waals surface area contributed by atoms with Crippen LogP contribution in [0.2, 0.25) is 0 Å². The summed E-state index contributed by atoms with van der Waals surface area (Å²) < 4.78 is 11.7. The molecule has 0 aliphatic carbocycles. The Morgan fingerprint density at radius 3 is 2.81 bits per heavy atom. The Morgan fingerprint density at radius 2 is 2.08 bits per heavy atom. The number of nitrogens with one attached hydrogen (secondary N) is 2. The molecule has 26 heavy (non-hydrogen) atoms. The van der Waals surface area contributed by atoms with Crippen molar-refractivity contribution in [3.8, 4) is 0 Å². The summed E-state index contributed by atoms with van der Waals surface area (Å²) in [5, 5.41) is 6.91. The SMILES string of the molecule is CCNC(=NCCCCOCCc1ccccc1)NC1CC2CCC1O2. The maximum Gasteiger partial charge on any atom is 0.191 e. The zero-order valence-corrected chi connectivity index (χ0v) is 16.0. The number of hydrogen-bond donors (Lipinski definition) is 2. The Hall–Kier alpha value is -1.59. The minimum absolute atomic E-state index is 0.377. The molecule has 0 saturated carbocycles. The molecule has 2 heterocycles. The quantitative estimate of drug-likeness (QED) is 0.383. The molecule has 5 heteroatoms. The molecule has 2 aliphatic rings. The smallest absolute Gasteiger partial charge is 0.191 e. The number of nitrogens with zero attached hydrogens (tertiary/aromatic N) is 1. The normalized spacial score (nSPS) is 24.8. The molecular weight excluding hydrogens is 326 g/mol. The van der Waals surface area contributed by atoms with Crippen molar-refractivity contribution < 1.29 is 9.47 Å². The Balaban J connectivity index is 1.26. The van der Waals surface area contributed by atoms with Crippen LogP contribution in [0.15, 0.2) is 35.3 Å². The molecule has 1 aromatic carbocycles. The highest BCUT2D eigenvalue weighted by atomic mass is 16.5. The van der Waals surface area contributed by atoms with Crippen molar-refractivity contribution >= 4 is 5.96 Å². The molecule has 2 fully saturated rings. The van der Waals surface area contributed by atoms with Crippen molar-refractivity contribution in [3.05, 3.63) is 35.9 Å². The standard InChI is InChI=1S/C21H33N3O2/c1-2-22-21(24-19-16-18-10-11-20(19)26-18)23-13-6-7-14-25-15-12-17-8-4-3-5-9-17/h3-5,8-9,18-20H,2,6-7,10-16H2,1H3,(H2,22,23,24). The molecule has 2 aliphatic heterocycles. The lowest BCUT2D eigenvalue weighted by Gasteiger charge is -2.22. The molecule has 5 nitrogen and oxygen atoms in total. The number of benzene rings is 1. The predicted molar refractivity (Wildman–Crippen MR) is 106 cm³/mol. The van der Waals surface area contributed by atoms with Crippen molar-refractivity contribution in [2.24, 2.45) is 4.99 Å². The highest BCUT2D eigenvalue weighted by Crippen LogP contribution is 2.34. The first-order chi connectivity index (χ1) is 12.8. The van der Waals surface area contributed by atoms with Crippen LogP contribution in [0.3, 0.4) is 0 Å². The molecule has 144 valence electrons. The van der Waals surface area contributed by atoms with Crippen molar-refractivity contribution in [2.45, 2.75) is 63.7 Å². The molecule has 3 atom stereocenters. The van der Waals surface area contributed by atoms with Crippen molar-refractivity contribution in [2.75, 3.05) is 26.3 Å². The summed E-state index contributed by atoms with van der Waals surface area (Å²) >= 11 is 0. The molecule has 1 aromatic rings. The second-order valence-corrected chi connectivity index (χ2v) is 7.18. The van der Waals surface area contributed by atoms with E-state index < -0.39 is 0 Å². The number of rotatable bonds is 10. The maximum atomic E-state index is 5.91. The zero-order chi connectivity index (χ0) is 18.0. The van der Waals surface area contributed by atoms with E-state index in [4.69, 9.17) is 14.5 Å². The number of guanidine groups is 1. The van der Waals surface area contributed by atoms with Gasteiger partial charge < -0.3 is 20.1 Å². The van der Waals surface area contributed by atoms with Crippen LogP contribution in [0.25, 0.3) is 0 Å². The highest BCUT2D eigenvalue weighted by Gasteiger charge is 2.41. The van der Waals surface area contributed by atoms with Gasteiger partial charge in [0.25, 0.3) is 0 Å². The fourth-order valence-corrected chi connectivity index (χ4v) is 3.73. The lowest BCUT2D eigenvalue weighted by atomic mass is 9.96. The third kappa shape index (κ3) is 5.99. The molecule has 2 bridgehead atoms. The van der Waals surface area contributed by atoms with E-state index in [0.717, 1.165) is 57.9 Å². The van der Waals surface area contributed by atoms with Gasteiger partial charge in [-0.1, -0.05) is 30.3 Å². The van der Waals surface area contributed by atoms with Crippen LogP contribution in [-0.4, -0.2) is 50.5 Å². The average Bonchev–Trinajstić information content (AvgIpc) is 3.28. The molecule has 0 amide bonds. The van der Waals surface area contributed by atoms with E-state index in [1.165, 1.54) is 18.4 Å². The fraction of sp³-hybridized carbons (Fsp3) is 0.667. The van der Waals surface area contributed by atoms with E-state index >= 15 is 0 Å². The van der Waals surface area contributed by atoms with Crippen LogP contribution in [0, 0.1) is 0 Å². The van der Waals surface area contributed by atoms with E-state index in [1.807, 2.05) is 6.07 Å². The summed E-state index contributed by atoms with van der Waals surface area (Å²) in [5.74, 6) is 0.929. The molecule has 3 unspecified atom stereocenters. The summed E-state index contributed by atoms with van der Waals surface area (Å²) in [6.07, 6.45) is 7.45. The number of aliphatic imine (C=N–C) groups is 1. The van der Waals surface area contributed by atoms with E-state index in [-0.39, 0.29) is 0 Å². The number of hydrogen-bond acceptors (Lipinski definition) is 3. The third-order valence-corrected chi connectivity index (χ3v) is 5.12. The van der Waals surface area contributed by atoms with Gasteiger partial charge in [-0.05, 0) is 51.0 Å². The minimum atomic E-state index is 0.377. The summed E-state index contributed by atoms with van der Waals surface area (Å²) in [6.45, 7) is 5.43. The molecule has 2 N–H and O–H groups in total. The van der Waals surface area contributed by atoms with Gasteiger partial charge in [-0.25, -0.2) is 0 Å². The van der Waals surface area contributed by atoms with Gasteiger partial charge in [0.15, 0.2) is 5.96 Å². The summed E-state index contributed by atoms with van der Waals surface area (Å²) in [6, 6.07) is 10.9. The lowest BCUT2D eigenvalue weighted by molar-refractivity contribution is 0.0992. The van der Waals surface area contributed by atoms with Crippen LogP contribution >= 0.6 is 0 Å². The molecular formula is C21H33N3O2. The Morgan fingerprint density at radius 1 is 1.19 bits per heavy atom. The lowest BCUT2D eigenvalue weighted by Crippen LogP contribution is -2.47. The molecule has 0 radical (unpaired) electrons. The highest BCUT2D eigenvalue weighted by molar-refractivity contribution is 5.80. The Bertz CT molecular complexity index is 549. The summed E-state index contributed by atoms with van der Waals surface area (Å²) in [7, 11) is 0. The molecule has 3 rings (SSSR count). The van der Waals surface area contributed by atoms with Crippen LogP contribution in [0.1, 0.15) is 44.6 Å². The van der Waals surface area contributed by atoms with Gasteiger partial charge in [-0.3, -0.25) is 4.99 Å². The zero-order valence-electron chi connectivity index (χ0n) is 16.0. The van der Waals surface area contributed by atoms with E-state index in [0.29, 0.717) is 18.2 Å². The monoisotopic (exact) mass is 359 g/mol. The van der Waals surface area contributed by atoms with Crippen molar-refractivity contribution in [3.63, 3.8) is 0 Å². The van der Waals surface area contributed by atoms with E-state index in [2.05, 4.69) is 41.8 Å². The van der Waals surface area contributed by atoms with Crippen molar-refractivity contribution in [1.29, 1.82) is 0 Å². The second kappa shape index (κ2) is 10.5. The topological polar surface area (TPSA) is 54.9 Å². The summed E-state index contributed by atoms with van der Waals surface area (Å²) in [5.41, 5.74) is 1.34. The van der Waals surface area contributed by atoms with Gasteiger partial charge in [-0.2, -0.15) is 0 Å². The van der Waals surface area contributed by atoms with E-state index in [1.54, 1.807) is 0 Å². The van der Waals surface area contributed by atoms with Crippen molar-refractivity contribution in [1.82, 2.24) is 10.6 Å². The molecule has 0 aromatic heterocycles. The van der Waals surface area contributed by atoms with E-state index in [9.17, 15) is 0 Å². The first-order valence-corrected chi connectivity index (χ1v) is 10.2. The molecule has 2 saturated heterocycles. The first kappa shape index (κ1) is 19.2. The number of unbranched alkanes of at least 4 members (excludes halogenated alkanes) is 1. The number of ether oxygens (including phenoxy) is 2. The largest absolute Gasteiger partial charge is 0.381 e. The van der Waals surface area contributed by atoms with Crippen LogP contribution < -0.4 is 10.6 Å². The second-order valence-electron chi connectivity index (χ2n) is 7.18. The predicted octanol–water partition coefficient (Wildman–Crippen LogP) is 2.90. The minimum Gasteiger partial charge on any atom is -0.381 e. The Kier molecular flexibility index (Phi) is 7.77.